The van der Waals surface area contributed by atoms with Gasteiger partial charge < -0.3 is 15.0 Å². The number of nitrogens with zero attached hydrogens (tertiary/aromatic N) is 6. The van der Waals surface area contributed by atoms with Gasteiger partial charge in [-0.1, -0.05) is 30.3 Å². The lowest BCUT2D eigenvalue weighted by Crippen LogP contribution is -2.06. The van der Waals surface area contributed by atoms with Gasteiger partial charge in [0, 0.05) is 23.5 Å². The number of rotatable bonds is 6. The number of aromatic amines is 1. The molecule has 9 nitrogen and oxygen atoms in total. The first-order valence-electron chi connectivity index (χ1n) is 10.8. The second kappa shape index (κ2) is 8.28. The molecule has 0 amide bonds. The van der Waals surface area contributed by atoms with Crippen molar-refractivity contribution in [3.63, 3.8) is 0 Å². The molecule has 166 valence electrons. The molecular weight excluding hydrogens is 428 g/mol. The van der Waals surface area contributed by atoms with E-state index in [9.17, 15) is 0 Å². The molecule has 0 aliphatic rings. The number of H-pyrrole nitrogens is 1. The molecule has 0 fully saturated rings. The number of ether oxygens (including phenoxy) is 1. The van der Waals surface area contributed by atoms with Crippen LogP contribution in [0.1, 0.15) is 5.82 Å². The van der Waals surface area contributed by atoms with E-state index in [0.717, 1.165) is 28.1 Å². The number of para-hydroxylation sites is 3. The Labute approximate surface area is 194 Å². The summed E-state index contributed by atoms with van der Waals surface area (Å²) >= 11 is 0. The SMILES string of the molecule is COc1ccc(-c2nc(NCc3nc4ccccc4[nH]3)c3ncn(-c4ccccc4)c3n2)cn1. The number of hydrogen-bond donors (Lipinski definition) is 2. The van der Waals surface area contributed by atoms with E-state index in [-0.39, 0.29) is 0 Å². The number of hydrogen-bond acceptors (Lipinski definition) is 7. The van der Waals surface area contributed by atoms with Gasteiger partial charge in [-0.25, -0.2) is 24.9 Å². The average Bonchev–Trinajstić information content (AvgIpc) is 3.52. The second-order valence-electron chi connectivity index (χ2n) is 7.66. The minimum absolute atomic E-state index is 0.458. The number of benzene rings is 2. The Balaban J connectivity index is 1.43. The minimum atomic E-state index is 0.458. The molecule has 0 radical (unpaired) electrons. The highest BCUT2D eigenvalue weighted by atomic mass is 16.5. The Hall–Kier alpha value is -4.79. The van der Waals surface area contributed by atoms with Crippen molar-refractivity contribution in [2.45, 2.75) is 6.54 Å². The van der Waals surface area contributed by atoms with Crippen LogP contribution in [-0.4, -0.2) is 41.6 Å². The molecule has 0 aliphatic carbocycles. The van der Waals surface area contributed by atoms with Crippen molar-refractivity contribution in [3.05, 3.63) is 85.1 Å². The van der Waals surface area contributed by atoms with E-state index >= 15 is 0 Å². The Morgan fingerprint density at radius 1 is 0.912 bits per heavy atom. The summed E-state index contributed by atoms with van der Waals surface area (Å²) in [6.07, 6.45) is 3.46. The monoisotopic (exact) mass is 448 g/mol. The molecule has 0 aliphatic heterocycles. The number of methoxy groups -OCH3 is 1. The fourth-order valence-electron chi connectivity index (χ4n) is 3.82. The average molecular weight is 448 g/mol. The zero-order chi connectivity index (χ0) is 22.9. The van der Waals surface area contributed by atoms with Gasteiger partial charge in [-0.05, 0) is 30.3 Å². The lowest BCUT2D eigenvalue weighted by molar-refractivity contribution is 0.398. The van der Waals surface area contributed by atoms with E-state index in [1.807, 2.05) is 65.2 Å². The molecular formula is C25H20N8O. The summed E-state index contributed by atoms with van der Waals surface area (Å²) in [5, 5.41) is 3.40. The Morgan fingerprint density at radius 3 is 2.56 bits per heavy atom. The van der Waals surface area contributed by atoms with Crippen molar-refractivity contribution in [2.75, 3.05) is 12.4 Å². The van der Waals surface area contributed by atoms with Crippen LogP contribution in [0.2, 0.25) is 0 Å². The molecule has 34 heavy (non-hydrogen) atoms. The van der Waals surface area contributed by atoms with E-state index in [1.165, 1.54) is 0 Å². The van der Waals surface area contributed by atoms with Gasteiger partial charge in [0.2, 0.25) is 5.88 Å². The normalized spacial score (nSPS) is 11.2. The third kappa shape index (κ3) is 3.58. The third-order valence-electron chi connectivity index (χ3n) is 5.50. The number of nitrogens with one attached hydrogen (secondary N) is 2. The highest BCUT2D eigenvalue weighted by Gasteiger charge is 2.16. The molecule has 2 aromatic carbocycles. The first-order valence-corrected chi connectivity index (χ1v) is 10.8. The molecule has 0 spiro atoms. The van der Waals surface area contributed by atoms with Crippen LogP contribution in [-0.2, 0) is 6.54 Å². The highest BCUT2D eigenvalue weighted by molar-refractivity contribution is 5.86. The van der Waals surface area contributed by atoms with Crippen LogP contribution < -0.4 is 10.1 Å². The van der Waals surface area contributed by atoms with Gasteiger partial charge in [0.05, 0.1) is 24.7 Å². The van der Waals surface area contributed by atoms with Crippen molar-refractivity contribution in [1.29, 1.82) is 0 Å². The zero-order valence-electron chi connectivity index (χ0n) is 18.3. The molecule has 6 aromatic rings. The first kappa shape index (κ1) is 19.9. The van der Waals surface area contributed by atoms with Gasteiger partial charge in [-0.15, -0.1) is 0 Å². The second-order valence-corrected chi connectivity index (χ2v) is 7.66. The van der Waals surface area contributed by atoms with Crippen LogP contribution in [0, 0.1) is 0 Å². The topological polar surface area (TPSA) is 106 Å². The summed E-state index contributed by atoms with van der Waals surface area (Å²) < 4.78 is 7.14. The van der Waals surface area contributed by atoms with E-state index in [0.29, 0.717) is 35.2 Å². The summed E-state index contributed by atoms with van der Waals surface area (Å²) in [5.41, 5.74) is 5.02. The summed E-state index contributed by atoms with van der Waals surface area (Å²) in [6, 6.07) is 21.6. The van der Waals surface area contributed by atoms with E-state index < -0.39 is 0 Å². The molecule has 9 heteroatoms. The number of pyridine rings is 1. The molecule has 0 saturated carbocycles. The van der Waals surface area contributed by atoms with Gasteiger partial charge >= 0.3 is 0 Å². The van der Waals surface area contributed by atoms with Crippen LogP contribution in [0.4, 0.5) is 5.82 Å². The van der Waals surface area contributed by atoms with Gasteiger partial charge in [-0.2, -0.15) is 0 Å². The molecule has 0 saturated heterocycles. The molecule has 6 rings (SSSR count). The molecule has 4 aromatic heterocycles. The summed E-state index contributed by atoms with van der Waals surface area (Å²) in [7, 11) is 1.59. The van der Waals surface area contributed by atoms with Crippen molar-refractivity contribution in [2.24, 2.45) is 0 Å². The molecule has 0 unspecified atom stereocenters. The van der Waals surface area contributed by atoms with Gasteiger partial charge in [-0.3, -0.25) is 4.57 Å². The van der Waals surface area contributed by atoms with Crippen LogP contribution in [0.5, 0.6) is 5.88 Å². The molecule has 2 N–H and O–H groups in total. The summed E-state index contributed by atoms with van der Waals surface area (Å²) in [4.78, 5) is 26.5. The maximum Gasteiger partial charge on any atom is 0.212 e. The predicted octanol–water partition coefficient (Wildman–Crippen LogP) is 4.37. The van der Waals surface area contributed by atoms with Crippen LogP contribution in [0.3, 0.4) is 0 Å². The first-order chi connectivity index (χ1) is 16.8. The fraction of sp³-hybridized carbons (Fsp3) is 0.0800. The van der Waals surface area contributed by atoms with Gasteiger partial charge in [0.1, 0.15) is 12.2 Å². The number of anilines is 1. The minimum Gasteiger partial charge on any atom is -0.481 e. The van der Waals surface area contributed by atoms with E-state index in [1.54, 1.807) is 25.7 Å². The lowest BCUT2D eigenvalue weighted by Gasteiger charge is -2.09. The van der Waals surface area contributed by atoms with Crippen molar-refractivity contribution < 1.29 is 4.74 Å². The van der Waals surface area contributed by atoms with E-state index in [4.69, 9.17) is 14.7 Å². The number of aromatic nitrogens is 7. The van der Waals surface area contributed by atoms with Crippen LogP contribution in [0.15, 0.2) is 79.3 Å². The zero-order valence-corrected chi connectivity index (χ0v) is 18.3. The summed E-state index contributed by atoms with van der Waals surface area (Å²) in [6.45, 7) is 0.458. The molecule has 4 heterocycles. The van der Waals surface area contributed by atoms with Gasteiger partial charge in [0.15, 0.2) is 22.8 Å². The number of fused-ring (bicyclic) bond motifs is 2. The van der Waals surface area contributed by atoms with Crippen LogP contribution >= 0.6 is 0 Å². The predicted molar refractivity (Wildman–Crippen MR) is 130 cm³/mol. The Kier molecular flexibility index (Phi) is 4.84. The lowest BCUT2D eigenvalue weighted by atomic mass is 10.2. The maximum absolute atomic E-state index is 5.19. The summed E-state index contributed by atoms with van der Waals surface area (Å²) in [5.74, 6) is 2.49. The Bertz CT molecular complexity index is 1560. The van der Waals surface area contributed by atoms with Crippen molar-refractivity contribution in [1.82, 2.24) is 34.5 Å². The van der Waals surface area contributed by atoms with Crippen molar-refractivity contribution >= 4 is 28.0 Å². The molecule has 0 bridgehead atoms. The van der Waals surface area contributed by atoms with E-state index in [2.05, 4.69) is 25.3 Å². The number of imidazole rings is 2. The van der Waals surface area contributed by atoms with Crippen molar-refractivity contribution in [3.8, 4) is 23.0 Å². The third-order valence-corrected chi connectivity index (χ3v) is 5.50. The smallest absolute Gasteiger partial charge is 0.212 e. The maximum atomic E-state index is 5.19. The Morgan fingerprint density at radius 2 is 1.76 bits per heavy atom. The quantitative estimate of drug-likeness (QED) is 0.390. The fourth-order valence-corrected chi connectivity index (χ4v) is 3.82. The highest BCUT2D eigenvalue weighted by Crippen LogP contribution is 2.27. The largest absolute Gasteiger partial charge is 0.481 e. The van der Waals surface area contributed by atoms with Crippen LogP contribution in [0.25, 0.3) is 39.3 Å². The standard InChI is InChI=1S/C25H20N8O/c1-34-21-12-11-16(13-26-21)23-31-24(27-14-20-29-18-9-5-6-10-19(18)30-20)22-25(32-23)33(15-28-22)17-7-3-2-4-8-17/h2-13,15H,14H2,1H3,(H,29,30)(H,27,31,32). The van der Waals surface area contributed by atoms with Gasteiger partial charge in [0.25, 0.3) is 0 Å². The molecule has 0 atom stereocenters.